The number of nitrogens with one attached hydrogen (secondary N) is 6. The van der Waals surface area contributed by atoms with E-state index < -0.39 is 126 Å². The highest BCUT2D eigenvalue weighted by atomic mass is 32.2. The number of hydrogen-bond acceptors (Lipinski definition) is 17. The molecule has 9 rings (SSSR count). The lowest BCUT2D eigenvalue weighted by Crippen LogP contribution is -2.52. The Kier molecular flexibility index (Phi) is 19.1. The van der Waals surface area contributed by atoms with Crippen molar-refractivity contribution >= 4 is 81.9 Å². The van der Waals surface area contributed by atoms with E-state index in [1.54, 1.807) is 50.2 Å². The summed E-state index contributed by atoms with van der Waals surface area (Å²) in [6, 6.07) is 8.65. The fourth-order valence-electron chi connectivity index (χ4n) is 11.2. The third kappa shape index (κ3) is 13.7. The molecule has 6 atom stereocenters. The highest BCUT2D eigenvalue weighted by Crippen LogP contribution is 2.46. The summed E-state index contributed by atoms with van der Waals surface area (Å²) in [7, 11) is 0. The molecule has 452 valence electrons. The number of cyclic esters (lactones) is 1. The van der Waals surface area contributed by atoms with E-state index in [9.17, 15) is 57.8 Å². The van der Waals surface area contributed by atoms with Gasteiger partial charge in [0.25, 0.3) is 5.56 Å². The van der Waals surface area contributed by atoms with E-state index in [0.717, 1.165) is 22.2 Å². The number of carboxylic acid groups (broad SMARTS) is 1. The Morgan fingerprint density at radius 1 is 0.894 bits per heavy atom. The Hall–Kier alpha value is -8.14. The summed E-state index contributed by atoms with van der Waals surface area (Å²) in [6.45, 7) is 1.22. The molecule has 27 heteroatoms. The number of likely N-dealkylation sites (tertiary alicyclic amines) is 1. The largest absolute Gasteiger partial charge is 0.480 e. The van der Waals surface area contributed by atoms with E-state index in [-0.39, 0.29) is 74.1 Å². The number of rotatable bonds is 27. The van der Waals surface area contributed by atoms with Crippen molar-refractivity contribution in [3.63, 3.8) is 0 Å². The lowest BCUT2D eigenvalue weighted by molar-refractivity contribution is -0.172. The third-order valence-corrected chi connectivity index (χ3v) is 17.4. The number of pyridine rings is 2. The normalized spacial score (nSPS) is 19.4. The monoisotopic (exact) mass is 1190 g/mol. The highest BCUT2D eigenvalue weighted by molar-refractivity contribution is 8.00. The number of ether oxygens (including phenoxy) is 2. The summed E-state index contributed by atoms with van der Waals surface area (Å²) in [4.78, 5) is 148. The topological polar surface area (TPSA) is 366 Å². The lowest BCUT2D eigenvalue weighted by Gasteiger charge is -2.31. The second-order valence-corrected chi connectivity index (χ2v) is 23.1. The van der Waals surface area contributed by atoms with Gasteiger partial charge >= 0.3 is 11.9 Å². The standard InChI is InChI=1S/C58H67FN10O15S/c1-3-58(82)35-19-41-50-33(25-69(41)54(77)34(35)26-83-57(58)81)49-38(16-15-32-29(2)36(59)20-39(66-50)48(32)49)67-53(76)51(31-13-14-31)84-28-64-45(72)23-63-52(75)40(18-30-10-6-4-7-11-30)65-46(73)24-62-44(71)22-61-43(70)12-8-5-9-17-68-47(74)21-42(55(68)78)85-27-37(60)56(79)80/h4,6-7,10-11,19-20,31,37-38,40,42,51,82H,3,5,8-9,12-18,21-28,60H2,1-2H3,(H,61,70)(H,62,71)(H,63,75)(H,64,72)(H,65,73)(H,67,76)(H,79,80)/t37-,38-,40-,42?,51+,58-/m0/s1. The average Bonchev–Trinajstić information content (AvgIpc) is 1.70. The number of aromatic nitrogens is 2. The quantitative estimate of drug-likeness (QED) is 0.0149. The Balaban J connectivity index is 0.739. The SMILES string of the molecule is CC[C@@]1(O)C(=O)OCc2c1cc1n(c2=O)Cc2c-1nc1cc(F)c(C)c3c1c2[C@@H](NC(=O)[C@H](OCNC(=O)CNC(=O)[C@H](Cc1ccccc1)NC(=O)CNC(=O)CNC(=O)CCCCCN1C(=O)CC(SC[C@H](N)C(=O)O)C1=O)C1CC1)CC3. The molecule has 0 bridgehead atoms. The number of aliphatic carboxylic acids is 1. The van der Waals surface area contributed by atoms with Crippen LogP contribution in [0.25, 0.3) is 22.3 Å². The molecule has 2 aliphatic carbocycles. The number of nitrogens with two attached hydrogens (primary N) is 1. The van der Waals surface area contributed by atoms with Crippen LogP contribution in [0, 0.1) is 18.7 Å². The molecule has 25 nitrogen and oxygen atoms in total. The number of aryl methyl sites for hydroxylation is 1. The molecule has 1 saturated heterocycles. The van der Waals surface area contributed by atoms with Gasteiger partial charge in [-0.25, -0.2) is 14.2 Å². The van der Waals surface area contributed by atoms with Gasteiger partial charge in [0.2, 0.25) is 47.3 Å². The molecule has 85 heavy (non-hydrogen) atoms. The zero-order valence-corrected chi connectivity index (χ0v) is 47.7. The van der Waals surface area contributed by atoms with Crippen LogP contribution in [-0.4, -0.2) is 146 Å². The summed E-state index contributed by atoms with van der Waals surface area (Å²) in [5, 5.41) is 36.1. The Labute approximate surface area is 490 Å². The van der Waals surface area contributed by atoms with Gasteiger partial charge in [-0.05, 0) is 86.1 Å². The van der Waals surface area contributed by atoms with Crippen molar-refractivity contribution in [2.45, 2.75) is 133 Å². The minimum absolute atomic E-state index is 0.0154. The Morgan fingerprint density at radius 3 is 2.34 bits per heavy atom. The second-order valence-electron chi connectivity index (χ2n) is 21.8. The van der Waals surface area contributed by atoms with Gasteiger partial charge in [0.1, 0.15) is 37.3 Å². The number of thioether (sulfide) groups is 1. The second kappa shape index (κ2) is 26.4. The summed E-state index contributed by atoms with van der Waals surface area (Å²) < 4.78 is 28.3. The van der Waals surface area contributed by atoms with Crippen LogP contribution in [0.2, 0.25) is 0 Å². The molecule has 0 radical (unpaired) electrons. The first-order valence-corrected chi connectivity index (χ1v) is 29.3. The number of carbonyl (C=O) groups is 10. The van der Waals surface area contributed by atoms with Crippen LogP contribution in [0.3, 0.4) is 0 Å². The van der Waals surface area contributed by atoms with E-state index in [4.69, 9.17) is 25.3 Å². The summed E-state index contributed by atoms with van der Waals surface area (Å²) in [6.07, 6.45) is 2.39. The molecule has 0 spiro atoms. The molecule has 8 amide bonds. The van der Waals surface area contributed by atoms with Gasteiger partial charge in [-0.15, -0.1) is 11.8 Å². The zero-order valence-electron chi connectivity index (χ0n) is 46.8. The van der Waals surface area contributed by atoms with E-state index >= 15 is 4.39 Å². The number of hydrogen-bond donors (Lipinski definition) is 9. The number of aliphatic hydroxyl groups is 1. The first-order chi connectivity index (χ1) is 40.7. The van der Waals surface area contributed by atoms with Gasteiger partial charge in [-0.2, -0.15) is 0 Å². The fourth-order valence-corrected chi connectivity index (χ4v) is 12.3. The zero-order chi connectivity index (χ0) is 60.9. The van der Waals surface area contributed by atoms with Crippen LogP contribution in [0.5, 0.6) is 0 Å². The van der Waals surface area contributed by atoms with Gasteiger partial charge in [0, 0.05) is 54.1 Å². The Bertz CT molecular complexity index is 3430. The maximum Gasteiger partial charge on any atom is 0.343 e. The van der Waals surface area contributed by atoms with Crippen molar-refractivity contribution in [1.29, 1.82) is 0 Å². The molecule has 2 fully saturated rings. The molecule has 1 saturated carbocycles. The molecule has 5 heterocycles. The molecule has 2 aromatic carbocycles. The Morgan fingerprint density at radius 2 is 1.61 bits per heavy atom. The minimum Gasteiger partial charge on any atom is -0.480 e. The maximum absolute atomic E-state index is 15.5. The number of esters is 1. The first kappa shape index (κ1) is 61.4. The van der Waals surface area contributed by atoms with Crippen molar-refractivity contribution in [3.05, 3.63) is 97.6 Å². The number of fused-ring (bicyclic) bond motifs is 5. The van der Waals surface area contributed by atoms with Crippen LogP contribution in [-0.2, 0) is 89.0 Å². The molecule has 5 aliphatic rings. The van der Waals surface area contributed by atoms with Gasteiger partial charge < -0.3 is 61.9 Å². The molecular formula is C58H67FN10O15S. The fraction of sp³-hybridized carbons (Fsp3) is 0.483. The number of unbranched alkanes of at least 4 members (excludes halogenated alkanes) is 2. The maximum atomic E-state index is 15.5. The van der Waals surface area contributed by atoms with Crippen LogP contribution < -0.4 is 43.2 Å². The highest BCUT2D eigenvalue weighted by Gasteiger charge is 2.47. The molecule has 10 N–H and O–H groups in total. The number of nitrogens with zero attached hydrogens (tertiary/aromatic N) is 3. The predicted molar refractivity (Wildman–Crippen MR) is 302 cm³/mol. The predicted octanol–water partition coefficient (Wildman–Crippen LogP) is 0.409. The van der Waals surface area contributed by atoms with E-state index in [1.807, 2.05) is 0 Å². The van der Waals surface area contributed by atoms with Gasteiger partial charge in [-0.3, -0.25) is 52.8 Å². The van der Waals surface area contributed by atoms with Gasteiger partial charge in [-0.1, -0.05) is 43.7 Å². The van der Waals surface area contributed by atoms with Gasteiger partial charge in [0.15, 0.2) is 5.60 Å². The average molecular weight is 1200 g/mol. The van der Waals surface area contributed by atoms with E-state index in [1.165, 1.54) is 10.6 Å². The van der Waals surface area contributed by atoms with Crippen LogP contribution in [0.4, 0.5) is 4.39 Å². The number of halogens is 1. The van der Waals surface area contributed by atoms with E-state index in [0.29, 0.717) is 89.5 Å². The number of benzene rings is 2. The summed E-state index contributed by atoms with van der Waals surface area (Å²) in [5.74, 6) is -7.22. The molecular weight excluding hydrogens is 1130 g/mol. The van der Waals surface area contributed by atoms with Crippen LogP contribution in [0.1, 0.15) is 110 Å². The molecule has 1 unspecified atom stereocenters. The van der Waals surface area contributed by atoms with Crippen molar-refractivity contribution in [2.75, 3.05) is 38.7 Å². The van der Waals surface area contributed by atoms with Crippen molar-refractivity contribution in [2.24, 2.45) is 11.7 Å². The van der Waals surface area contributed by atoms with Crippen molar-refractivity contribution in [3.8, 4) is 11.4 Å². The smallest absolute Gasteiger partial charge is 0.343 e. The van der Waals surface area contributed by atoms with Gasteiger partial charge in [0.05, 0.1) is 59.9 Å². The third-order valence-electron chi connectivity index (χ3n) is 16.1. The molecule has 2 aromatic heterocycles. The van der Waals surface area contributed by atoms with Crippen molar-refractivity contribution in [1.82, 2.24) is 46.4 Å². The molecule has 4 aromatic rings. The summed E-state index contributed by atoms with van der Waals surface area (Å²) >= 11 is 1.03. The lowest BCUT2D eigenvalue weighted by atomic mass is 9.81. The van der Waals surface area contributed by atoms with Crippen LogP contribution in [0.15, 0.2) is 47.3 Å². The van der Waals surface area contributed by atoms with Crippen molar-refractivity contribution < 1.29 is 72.0 Å². The first-order valence-electron chi connectivity index (χ1n) is 28.3. The van der Waals surface area contributed by atoms with Crippen LogP contribution >= 0.6 is 11.8 Å². The van der Waals surface area contributed by atoms with E-state index in [2.05, 4.69) is 31.9 Å². The molecule has 3 aliphatic heterocycles. The number of amides is 8. The summed E-state index contributed by atoms with van der Waals surface area (Å²) in [5.41, 5.74) is 7.36. The number of carboxylic acids is 1. The minimum atomic E-state index is -2.06. The number of carbonyl (C=O) groups excluding carboxylic acids is 9. The number of imide groups is 1.